The van der Waals surface area contributed by atoms with Crippen molar-refractivity contribution >= 4 is 17.5 Å². The van der Waals surface area contributed by atoms with E-state index in [1.54, 1.807) is 18.2 Å². The van der Waals surface area contributed by atoms with E-state index in [-0.39, 0.29) is 18.6 Å². The van der Waals surface area contributed by atoms with Crippen LogP contribution in [0.25, 0.3) is 11.4 Å². The summed E-state index contributed by atoms with van der Waals surface area (Å²) < 4.78 is 10.9. The highest BCUT2D eigenvalue weighted by Crippen LogP contribution is 2.49. The summed E-state index contributed by atoms with van der Waals surface area (Å²) in [6, 6.07) is 7.15. The number of carbonyl (C=O) groups is 1. The molecule has 1 aromatic heterocycles. The molecule has 0 radical (unpaired) electrons. The molecule has 1 heterocycles. The number of nitrogens with two attached hydrogens (primary N) is 1. The Labute approximate surface area is 157 Å². The van der Waals surface area contributed by atoms with Gasteiger partial charge >= 0.3 is 0 Å². The topological polar surface area (TPSA) is 103 Å². The van der Waals surface area contributed by atoms with Gasteiger partial charge in [-0.3, -0.25) is 4.79 Å². The van der Waals surface area contributed by atoms with Gasteiger partial charge in [0.2, 0.25) is 17.6 Å². The van der Waals surface area contributed by atoms with Crippen LogP contribution in [-0.4, -0.2) is 34.3 Å². The van der Waals surface area contributed by atoms with Gasteiger partial charge in [0.15, 0.2) is 0 Å². The summed E-state index contributed by atoms with van der Waals surface area (Å²) >= 11 is 5.97. The SMILES string of the molecule is CCOC1CC(N)(C(=O)NCc2nc(-c3cccc(Cl)c3)no2)C1(C)C. The molecule has 7 nitrogen and oxygen atoms in total. The molecule has 140 valence electrons. The Hall–Kier alpha value is -1.96. The van der Waals surface area contributed by atoms with Crippen molar-refractivity contribution in [1.29, 1.82) is 0 Å². The van der Waals surface area contributed by atoms with E-state index < -0.39 is 11.0 Å². The van der Waals surface area contributed by atoms with Crippen LogP contribution in [0.5, 0.6) is 0 Å². The van der Waals surface area contributed by atoms with Crippen molar-refractivity contribution in [3.63, 3.8) is 0 Å². The van der Waals surface area contributed by atoms with Crippen molar-refractivity contribution in [2.75, 3.05) is 6.61 Å². The molecule has 0 saturated heterocycles. The van der Waals surface area contributed by atoms with Crippen LogP contribution in [0, 0.1) is 5.41 Å². The summed E-state index contributed by atoms with van der Waals surface area (Å²) in [7, 11) is 0. The Morgan fingerprint density at radius 2 is 2.27 bits per heavy atom. The zero-order valence-corrected chi connectivity index (χ0v) is 15.8. The zero-order valence-electron chi connectivity index (χ0n) is 15.1. The molecule has 2 unspecified atom stereocenters. The second kappa shape index (κ2) is 6.98. The van der Waals surface area contributed by atoms with Gasteiger partial charge in [-0.2, -0.15) is 4.98 Å². The summed E-state index contributed by atoms with van der Waals surface area (Å²) in [4.78, 5) is 16.9. The maximum absolute atomic E-state index is 12.6. The second-order valence-electron chi connectivity index (χ2n) is 7.05. The molecule has 0 aliphatic heterocycles. The Bertz CT molecular complexity index is 807. The number of hydrogen-bond donors (Lipinski definition) is 2. The van der Waals surface area contributed by atoms with E-state index in [9.17, 15) is 4.79 Å². The highest BCUT2D eigenvalue weighted by molar-refractivity contribution is 6.30. The number of carbonyl (C=O) groups excluding carboxylic acids is 1. The highest BCUT2D eigenvalue weighted by Gasteiger charge is 2.62. The van der Waals surface area contributed by atoms with Crippen molar-refractivity contribution in [2.24, 2.45) is 11.1 Å². The third kappa shape index (κ3) is 3.22. The van der Waals surface area contributed by atoms with Crippen LogP contribution in [0.15, 0.2) is 28.8 Å². The van der Waals surface area contributed by atoms with E-state index >= 15 is 0 Å². The van der Waals surface area contributed by atoms with Crippen LogP contribution in [-0.2, 0) is 16.1 Å². The smallest absolute Gasteiger partial charge is 0.246 e. The quantitative estimate of drug-likeness (QED) is 0.800. The summed E-state index contributed by atoms with van der Waals surface area (Å²) in [6.07, 6.45) is 0.457. The fraction of sp³-hybridized carbons (Fsp3) is 0.500. The van der Waals surface area contributed by atoms with Crippen LogP contribution >= 0.6 is 11.6 Å². The average molecular weight is 379 g/mol. The van der Waals surface area contributed by atoms with Gasteiger partial charge in [0.25, 0.3) is 0 Å². The average Bonchev–Trinajstić information content (AvgIpc) is 3.08. The van der Waals surface area contributed by atoms with Crippen LogP contribution in [0.1, 0.15) is 33.1 Å². The molecule has 26 heavy (non-hydrogen) atoms. The molecule has 2 aromatic rings. The molecule has 3 N–H and O–H groups in total. The van der Waals surface area contributed by atoms with Gasteiger partial charge in [0.05, 0.1) is 12.6 Å². The van der Waals surface area contributed by atoms with Crippen molar-refractivity contribution in [3.05, 3.63) is 35.2 Å². The highest BCUT2D eigenvalue weighted by atomic mass is 35.5. The molecular formula is C18H23ClN4O3. The lowest BCUT2D eigenvalue weighted by Crippen LogP contribution is -2.75. The summed E-state index contributed by atoms with van der Waals surface area (Å²) in [6.45, 7) is 6.53. The summed E-state index contributed by atoms with van der Waals surface area (Å²) in [5.41, 5.74) is 5.66. The van der Waals surface area contributed by atoms with E-state index in [2.05, 4.69) is 15.5 Å². The maximum atomic E-state index is 12.6. The fourth-order valence-electron chi connectivity index (χ4n) is 3.21. The number of benzene rings is 1. The minimum absolute atomic E-state index is 0.0268. The second-order valence-corrected chi connectivity index (χ2v) is 7.48. The molecule has 0 spiro atoms. The third-order valence-corrected chi connectivity index (χ3v) is 5.42. The van der Waals surface area contributed by atoms with E-state index in [1.807, 2.05) is 26.8 Å². The Morgan fingerprint density at radius 3 is 2.92 bits per heavy atom. The molecule has 1 aromatic carbocycles. The fourth-order valence-corrected chi connectivity index (χ4v) is 3.40. The van der Waals surface area contributed by atoms with Crippen molar-refractivity contribution in [2.45, 2.75) is 45.4 Å². The first-order valence-corrected chi connectivity index (χ1v) is 8.93. The molecule has 1 amide bonds. The van der Waals surface area contributed by atoms with Gasteiger partial charge in [-0.25, -0.2) is 0 Å². The monoisotopic (exact) mass is 378 g/mol. The van der Waals surface area contributed by atoms with Crippen molar-refractivity contribution < 1.29 is 14.1 Å². The number of rotatable bonds is 6. The number of amides is 1. The zero-order chi connectivity index (χ0) is 18.9. The molecule has 2 atom stereocenters. The van der Waals surface area contributed by atoms with Crippen LogP contribution in [0.4, 0.5) is 0 Å². The van der Waals surface area contributed by atoms with Gasteiger partial charge in [-0.15, -0.1) is 0 Å². The van der Waals surface area contributed by atoms with Gasteiger partial charge < -0.3 is 20.3 Å². The summed E-state index contributed by atoms with van der Waals surface area (Å²) in [5, 5.41) is 7.30. The van der Waals surface area contributed by atoms with Gasteiger partial charge in [0.1, 0.15) is 5.54 Å². The lowest BCUT2D eigenvalue weighted by Gasteiger charge is -2.57. The number of nitrogens with one attached hydrogen (secondary N) is 1. The molecule has 3 rings (SSSR count). The number of ether oxygens (including phenoxy) is 1. The van der Waals surface area contributed by atoms with Crippen LogP contribution in [0.3, 0.4) is 0 Å². The third-order valence-electron chi connectivity index (χ3n) is 5.19. The van der Waals surface area contributed by atoms with E-state index in [4.69, 9.17) is 26.6 Å². The summed E-state index contributed by atoms with van der Waals surface area (Å²) in [5.74, 6) is 0.468. The predicted molar refractivity (Wildman–Crippen MR) is 97.3 cm³/mol. The lowest BCUT2D eigenvalue weighted by atomic mass is 9.54. The van der Waals surface area contributed by atoms with Crippen LogP contribution < -0.4 is 11.1 Å². The molecule has 8 heteroatoms. The number of halogens is 1. The first-order valence-electron chi connectivity index (χ1n) is 8.55. The number of hydrogen-bond acceptors (Lipinski definition) is 6. The molecule has 1 fully saturated rings. The molecule has 1 saturated carbocycles. The first-order chi connectivity index (χ1) is 12.3. The minimum Gasteiger partial charge on any atom is -0.378 e. The Kier molecular flexibility index (Phi) is 5.05. The largest absolute Gasteiger partial charge is 0.378 e. The van der Waals surface area contributed by atoms with E-state index in [0.29, 0.717) is 29.8 Å². The standard InChI is InChI=1S/C18H23ClN4O3/c1-4-25-13-9-18(20,17(13,2)3)16(24)21-10-14-22-15(23-26-14)11-6-5-7-12(19)8-11/h5-8,13H,4,9-10,20H2,1-3H3,(H,21,24). The first kappa shape index (κ1) is 18.8. The van der Waals surface area contributed by atoms with Crippen molar-refractivity contribution in [3.8, 4) is 11.4 Å². The molecule has 1 aliphatic rings. The van der Waals surface area contributed by atoms with Gasteiger partial charge in [-0.1, -0.05) is 42.7 Å². The lowest BCUT2D eigenvalue weighted by molar-refractivity contribution is -0.170. The normalized spacial score (nSPS) is 24.1. The number of nitrogens with zero attached hydrogens (tertiary/aromatic N) is 2. The predicted octanol–water partition coefficient (Wildman–Crippen LogP) is 2.54. The Balaban J connectivity index is 1.62. The Morgan fingerprint density at radius 1 is 1.50 bits per heavy atom. The maximum Gasteiger partial charge on any atom is 0.246 e. The molecular weight excluding hydrogens is 356 g/mol. The number of aromatic nitrogens is 2. The van der Waals surface area contributed by atoms with E-state index in [1.165, 1.54) is 0 Å². The van der Waals surface area contributed by atoms with Gasteiger partial charge in [0, 0.05) is 29.0 Å². The minimum atomic E-state index is -0.983. The molecule has 1 aliphatic carbocycles. The van der Waals surface area contributed by atoms with Crippen LogP contribution in [0.2, 0.25) is 5.02 Å². The van der Waals surface area contributed by atoms with E-state index in [0.717, 1.165) is 5.56 Å². The van der Waals surface area contributed by atoms with Crippen molar-refractivity contribution in [1.82, 2.24) is 15.5 Å². The molecule has 0 bridgehead atoms. The van der Waals surface area contributed by atoms with Gasteiger partial charge in [-0.05, 0) is 19.1 Å².